The molecule has 7 heteroatoms. The molecule has 0 radical (unpaired) electrons. The Kier molecular flexibility index (Phi) is 5.35. The van der Waals surface area contributed by atoms with Gasteiger partial charge in [0.2, 0.25) is 0 Å². The van der Waals surface area contributed by atoms with Crippen LogP contribution in [0.2, 0.25) is 0 Å². The summed E-state index contributed by atoms with van der Waals surface area (Å²) >= 11 is 0. The van der Waals surface area contributed by atoms with Crippen molar-refractivity contribution in [2.75, 3.05) is 21.3 Å². The second kappa shape index (κ2) is 7.13. The van der Waals surface area contributed by atoms with Gasteiger partial charge in [-0.25, -0.2) is 0 Å². The van der Waals surface area contributed by atoms with Gasteiger partial charge in [0.25, 0.3) is 0 Å². The van der Waals surface area contributed by atoms with Crippen LogP contribution < -0.4 is 9.47 Å². The van der Waals surface area contributed by atoms with Crippen molar-refractivity contribution in [2.45, 2.75) is 26.4 Å². The molecule has 2 atom stereocenters. The molecule has 1 fully saturated rings. The lowest BCUT2D eigenvalue weighted by Crippen LogP contribution is -2.48. The summed E-state index contributed by atoms with van der Waals surface area (Å²) in [5.74, 6) is -1.42. The summed E-state index contributed by atoms with van der Waals surface area (Å²) in [6, 6.07) is 4.96. The molecule has 2 rings (SSSR count). The van der Waals surface area contributed by atoms with Crippen molar-refractivity contribution in [3.05, 3.63) is 23.8 Å². The maximum absolute atomic E-state index is 12.8. The van der Waals surface area contributed by atoms with E-state index in [9.17, 15) is 14.4 Å². The Morgan fingerprint density at radius 2 is 1.76 bits per heavy atom. The average molecular weight is 350 g/mol. The van der Waals surface area contributed by atoms with Crippen molar-refractivity contribution in [1.82, 2.24) is 0 Å². The molecule has 0 aliphatic carbocycles. The summed E-state index contributed by atoms with van der Waals surface area (Å²) in [5.41, 5.74) is -0.769. The smallest absolute Gasteiger partial charge is 0.319 e. The number of hydrogen-bond donors (Lipinski definition) is 0. The van der Waals surface area contributed by atoms with Crippen LogP contribution in [-0.4, -0.2) is 39.1 Å². The van der Waals surface area contributed by atoms with Crippen molar-refractivity contribution in [3.63, 3.8) is 0 Å². The van der Waals surface area contributed by atoms with Crippen molar-refractivity contribution in [3.8, 4) is 11.5 Å². The van der Waals surface area contributed by atoms with Crippen molar-refractivity contribution in [1.29, 1.82) is 0 Å². The number of rotatable bonds is 5. The number of Topliss-reactive ketones (excluding diaryl/α,β-unsaturated/α-hetero) is 1. The van der Waals surface area contributed by atoms with Gasteiger partial charge in [-0.05, 0) is 31.5 Å². The minimum Gasteiger partial charge on any atom is -0.493 e. The van der Waals surface area contributed by atoms with Crippen molar-refractivity contribution < 1.29 is 33.3 Å². The number of benzene rings is 1. The van der Waals surface area contributed by atoms with E-state index in [2.05, 4.69) is 4.74 Å². The van der Waals surface area contributed by atoms with Gasteiger partial charge in [-0.2, -0.15) is 0 Å². The first kappa shape index (κ1) is 18.8. The highest BCUT2D eigenvalue weighted by atomic mass is 16.6. The van der Waals surface area contributed by atoms with E-state index in [0.717, 1.165) is 0 Å². The van der Waals surface area contributed by atoms with Gasteiger partial charge in [-0.3, -0.25) is 14.4 Å². The number of carbonyl (C=O) groups is 3. The summed E-state index contributed by atoms with van der Waals surface area (Å²) < 4.78 is 20.7. The van der Waals surface area contributed by atoms with E-state index in [4.69, 9.17) is 14.2 Å². The Morgan fingerprint density at radius 1 is 1.12 bits per heavy atom. The van der Waals surface area contributed by atoms with Gasteiger partial charge in [0.05, 0.1) is 33.7 Å². The molecule has 0 aromatic heterocycles. The van der Waals surface area contributed by atoms with Crippen LogP contribution in [0, 0.1) is 11.3 Å². The molecule has 1 aromatic rings. The fraction of sp³-hybridized carbons (Fsp3) is 0.500. The van der Waals surface area contributed by atoms with E-state index in [1.807, 2.05) is 0 Å². The van der Waals surface area contributed by atoms with Crippen LogP contribution in [0.5, 0.6) is 11.5 Å². The van der Waals surface area contributed by atoms with E-state index in [0.29, 0.717) is 17.1 Å². The molecule has 1 heterocycles. The average Bonchev–Trinajstić information content (AvgIpc) is 2.61. The van der Waals surface area contributed by atoms with E-state index < -0.39 is 29.4 Å². The molecule has 0 saturated carbocycles. The second-order valence-electron chi connectivity index (χ2n) is 6.32. The van der Waals surface area contributed by atoms with Gasteiger partial charge < -0.3 is 18.9 Å². The molecule has 136 valence electrons. The van der Waals surface area contributed by atoms with Gasteiger partial charge in [0.15, 0.2) is 17.3 Å². The number of hydrogen-bond acceptors (Lipinski definition) is 7. The van der Waals surface area contributed by atoms with E-state index in [-0.39, 0.29) is 12.2 Å². The number of ether oxygens (including phenoxy) is 4. The van der Waals surface area contributed by atoms with Crippen molar-refractivity contribution in [2.24, 2.45) is 11.3 Å². The zero-order valence-corrected chi connectivity index (χ0v) is 15.0. The molecule has 0 unspecified atom stereocenters. The molecule has 1 aliphatic rings. The van der Waals surface area contributed by atoms with Crippen LogP contribution in [-0.2, 0) is 23.9 Å². The third-order valence-corrected chi connectivity index (χ3v) is 4.41. The fourth-order valence-electron chi connectivity index (χ4n) is 2.84. The first-order valence-corrected chi connectivity index (χ1v) is 7.80. The number of methoxy groups -OCH3 is 3. The molecule has 1 aliphatic heterocycles. The zero-order valence-electron chi connectivity index (χ0n) is 15.0. The van der Waals surface area contributed by atoms with Gasteiger partial charge in [0, 0.05) is 0 Å². The predicted octanol–water partition coefficient (Wildman–Crippen LogP) is 2.08. The topological polar surface area (TPSA) is 88.1 Å². The number of cyclic esters (lactones) is 1. The predicted molar refractivity (Wildman–Crippen MR) is 87.3 cm³/mol. The van der Waals surface area contributed by atoms with Crippen LogP contribution in [0.15, 0.2) is 18.2 Å². The third-order valence-electron chi connectivity index (χ3n) is 4.41. The zero-order chi connectivity index (χ0) is 18.8. The van der Waals surface area contributed by atoms with Crippen LogP contribution in [0.3, 0.4) is 0 Å². The molecule has 0 amide bonds. The Labute approximate surface area is 146 Å². The number of esters is 2. The highest BCUT2D eigenvalue weighted by Crippen LogP contribution is 2.43. The normalized spacial score (nSPS) is 22.1. The van der Waals surface area contributed by atoms with Gasteiger partial charge in [0.1, 0.15) is 11.5 Å². The molecule has 25 heavy (non-hydrogen) atoms. The second-order valence-corrected chi connectivity index (χ2v) is 6.32. The largest absolute Gasteiger partial charge is 0.493 e. The van der Waals surface area contributed by atoms with Gasteiger partial charge >= 0.3 is 11.9 Å². The van der Waals surface area contributed by atoms with E-state index >= 15 is 0 Å². The molecule has 0 N–H and O–H groups in total. The molecule has 1 aromatic carbocycles. The quantitative estimate of drug-likeness (QED) is 0.593. The van der Waals surface area contributed by atoms with Crippen LogP contribution in [0.1, 0.15) is 31.9 Å². The standard InChI is InChI=1S/C18H22O7/c1-18(2)16(20)11(9-14(19)24-5)15(25-17(18)21)10-6-7-12(22-3)13(8-10)23-4/h6-8,11,15H,9H2,1-5H3/t11-,15+/m0/s1. The molecule has 7 nitrogen and oxygen atoms in total. The molecular formula is C18H22O7. The Morgan fingerprint density at radius 3 is 2.32 bits per heavy atom. The lowest BCUT2D eigenvalue weighted by atomic mass is 9.74. The summed E-state index contributed by atoms with van der Waals surface area (Å²) in [5, 5.41) is 0. The lowest BCUT2D eigenvalue weighted by molar-refractivity contribution is -0.181. The molecule has 0 bridgehead atoms. The summed E-state index contributed by atoms with van der Waals surface area (Å²) in [7, 11) is 4.23. The summed E-state index contributed by atoms with van der Waals surface area (Å²) in [6.45, 7) is 2.99. The Hall–Kier alpha value is -2.57. The fourth-order valence-corrected chi connectivity index (χ4v) is 2.84. The maximum atomic E-state index is 12.8. The van der Waals surface area contributed by atoms with Gasteiger partial charge in [-0.1, -0.05) is 6.07 Å². The highest BCUT2D eigenvalue weighted by Gasteiger charge is 2.51. The number of ketones is 1. The molecular weight excluding hydrogens is 328 g/mol. The van der Waals surface area contributed by atoms with Crippen LogP contribution in [0.4, 0.5) is 0 Å². The SMILES string of the molecule is COC(=O)C[C@@H]1C(=O)C(C)(C)C(=O)O[C@@H]1c1ccc(OC)c(OC)c1. The maximum Gasteiger partial charge on any atom is 0.319 e. The minimum absolute atomic E-state index is 0.176. The summed E-state index contributed by atoms with van der Waals surface area (Å²) in [4.78, 5) is 36.8. The number of carbonyl (C=O) groups excluding carboxylic acids is 3. The van der Waals surface area contributed by atoms with Crippen molar-refractivity contribution >= 4 is 17.7 Å². The van der Waals surface area contributed by atoms with E-state index in [1.165, 1.54) is 35.2 Å². The van der Waals surface area contributed by atoms with Crippen LogP contribution in [0.25, 0.3) is 0 Å². The Balaban J connectivity index is 2.46. The Bertz CT molecular complexity index is 693. The third kappa shape index (κ3) is 3.45. The highest BCUT2D eigenvalue weighted by molar-refractivity contribution is 6.07. The van der Waals surface area contributed by atoms with Crippen LogP contribution >= 0.6 is 0 Å². The van der Waals surface area contributed by atoms with Gasteiger partial charge in [-0.15, -0.1) is 0 Å². The minimum atomic E-state index is -1.31. The van der Waals surface area contributed by atoms with E-state index in [1.54, 1.807) is 18.2 Å². The monoisotopic (exact) mass is 350 g/mol. The molecule has 1 saturated heterocycles. The summed E-state index contributed by atoms with van der Waals surface area (Å²) in [6.07, 6.45) is -1.07. The molecule has 0 spiro atoms. The first-order valence-electron chi connectivity index (χ1n) is 7.80. The first-order chi connectivity index (χ1) is 11.8. The lowest BCUT2D eigenvalue weighted by Gasteiger charge is -2.37.